The molecular weight excluding hydrogens is 611 g/mol. The van der Waals surface area contributed by atoms with E-state index in [1.54, 1.807) is 41.9 Å². The molecule has 13 heteroatoms. The summed E-state index contributed by atoms with van der Waals surface area (Å²) in [6.07, 6.45) is 2.73. The number of rotatable bonds is 6. The third-order valence-corrected chi connectivity index (χ3v) is 8.48. The number of hydrogen-bond acceptors (Lipinski definition) is 7. The summed E-state index contributed by atoms with van der Waals surface area (Å²) in [5, 5.41) is 16.8. The van der Waals surface area contributed by atoms with Crippen LogP contribution in [0.5, 0.6) is 0 Å². The van der Waals surface area contributed by atoms with Gasteiger partial charge in [-0.25, -0.2) is 19.2 Å². The zero-order valence-corrected chi connectivity index (χ0v) is 25.1. The number of hydrogen-bond donors (Lipinski definition) is 3. The van der Waals surface area contributed by atoms with E-state index in [2.05, 4.69) is 32.4 Å². The summed E-state index contributed by atoms with van der Waals surface area (Å²) in [5.41, 5.74) is 2.19. The highest BCUT2D eigenvalue weighted by Gasteiger charge is 2.37. The molecule has 4 heterocycles. The Hall–Kier alpha value is -5.61. The molecule has 2 aromatic carbocycles. The molecular formula is C33H27FN6O5S. The van der Waals surface area contributed by atoms with Crippen molar-refractivity contribution in [2.75, 3.05) is 18.4 Å². The van der Waals surface area contributed by atoms with Gasteiger partial charge in [-0.05, 0) is 42.2 Å². The van der Waals surface area contributed by atoms with Crippen molar-refractivity contribution in [3.05, 3.63) is 112 Å². The number of aromatic nitrogens is 2. The molecule has 1 fully saturated rings. The van der Waals surface area contributed by atoms with Crippen LogP contribution in [0, 0.1) is 17.7 Å². The summed E-state index contributed by atoms with van der Waals surface area (Å²) in [5.74, 6) is 3.55. The van der Waals surface area contributed by atoms with Gasteiger partial charge in [-0.3, -0.25) is 19.7 Å². The fourth-order valence-electron chi connectivity index (χ4n) is 5.46. The van der Waals surface area contributed by atoms with Crippen molar-refractivity contribution in [2.45, 2.75) is 31.5 Å². The molecule has 1 saturated heterocycles. The number of likely N-dealkylation sites (tertiary alicyclic amines) is 1. The number of amides is 4. The van der Waals surface area contributed by atoms with Crippen molar-refractivity contribution < 1.29 is 28.7 Å². The Balaban J connectivity index is 1.15. The van der Waals surface area contributed by atoms with Gasteiger partial charge in [-0.1, -0.05) is 48.2 Å². The maximum absolute atomic E-state index is 14.9. The minimum atomic E-state index is -1.01. The van der Waals surface area contributed by atoms with Gasteiger partial charge in [-0.15, -0.1) is 11.3 Å². The lowest BCUT2D eigenvalue weighted by atomic mass is 10.0. The molecule has 0 saturated carbocycles. The van der Waals surface area contributed by atoms with Gasteiger partial charge < -0.3 is 20.2 Å². The number of pyridine rings is 1. The number of thiazole rings is 1. The SMILES string of the molecule is O=C(NC1CCN(C(=O)O)CC1)c1ncc(C#Cc2ccc3c(c2)C(=O)N(C(C(=O)Nc2nccs2)c2ccccc2)C3)cc1F. The number of piperidine rings is 1. The number of fused-ring (bicyclic) bond motifs is 1. The zero-order valence-electron chi connectivity index (χ0n) is 24.3. The highest BCUT2D eigenvalue weighted by Crippen LogP contribution is 2.33. The van der Waals surface area contributed by atoms with E-state index >= 15 is 0 Å². The summed E-state index contributed by atoms with van der Waals surface area (Å²) >= 11 is 1.28. The Labute approximate surface area is 267 Å². The van der Waals surface area contributed by atoms with E-state index in [0.717, 1.165) is 11.6 Å². The first kappa shape index (κ1) is 30.4. The average molecular weight is 639 g/mol. The molecule has 0 aliphatic carbocycles. The summed E-state index contributed by atoms with van der Waals surface area (Å²) in [4.78, 5) is 61.6. The molecule has 46 heavy (non-hydrogen) atoms. The molecule has 1 atom stereocenters. The second kappa shape index (κ2) is 13.2. The number of halogens is 1. The Morgan fingerprint density at radius 2 is 1.78 bits per heavy atom. The molecule has 3 N–H and O–H groups in total. The number of nitrogens with zero attached hydrogens (tertiary/aromatic N) is 4. The van der Waals surface area contributed by atoms with Crippen LogP contribution in [0.1, 0.15) is 62.0 Å². The van der Waals surface area contributed by atoms with E-state index in [4.69, 9.17) is 5.11 Å². The lowest BCUT2D eigenvalue weighted by Gasteiger charge is -2.30. The number of benzene rings is 2. The molecule has 232 valence electrons. The monoisotopic (exact) mass is 638 g/mol. The molecule has 0 radical (unpaired) electrons. The quantitative estimate of drug-likeness (QED) is 0.267. The van der Waals surface area contributed by atoms with E-state index in [0.29, 0.717) is 34.7 Å². The highest BCUT2D eigenvalue weighted by atomic mass is 32.1. The fourth-order valence-corrected chi connectivity index (χ4v) is 6.00. The Morgan fingerprint density at radius 1 is 1.02 bits per heavy atom. The molecule has 11 nitrogen and oxygen atoms in total. The van der Waals surface area contributed by atoms with Crippen LogP contribution < -0.4 is 10.6 Å². The van der Waals surface area contributed by atoms with Crippen LogP contribution in [-0.2, 0) is 11.3 Å². The summed E-state index contributed by atoms with van der Waals surface area (Å²) in [6, 6.07) is 14.2. The molecule has 4 aromatic rings. The lowest BCUT2D eigenvalue weighted by Crippen LogP contribution is -2.46. The van der Waals surface area contributed by atoms with Crippen LogP contribution in [0.2, 0.25) is 0 Å². The van der Waals surface area contributed by atoms with Crippen LogP contribution in [0.15, 0.2) is 72.4 Å². The van der Waals surface area contributed by atoms with E-state index in [1.165, 1.54) is 27.3 Å². The normalized spacial score (nSPS) is 15.0. The van der Waals surface area contributed by atoms with Gasteiger partial charge in [0.25, 0.3) is 17.7 Å². The third kappa shape index (κ3) is 6.57. The van der Waals surface area contributed by atoms with Crippen molar-refractivity contribution in [1.29, 1.82) is 0 Å². The third-order valence-electron chi connectivity index (χ3n) is 7.79. The Morgan fingerprint density at radius 3 is 2.48 bits per heavy atom. The maximum atomic E-state index is 14.9. The fraction of sp³-hybridized carbons (Fsp3) is 0.212. The van der Waals surface area contributed by atoms with Crippen LogP contribution in [0.3, 0.4) is 0 Å². The van der Waals surface area contributed by atoms with Crippen LogP contribution in [0.25, 0.3) is 0 Å². The molecule has 0 bridgehead atoms. The van der Waals surface area contributed by atoms with Crippen molar-refractivity contribution in [3.8, 4) is 11.8 Å². The van der Waals surface area contributed by atoms with Gasteiger partial charge in [0, 0.05) is 60.1 Å². The number of carbonyl (C=O) groups excluding carboxylic acids is 3. The molecule has 4 amide bonds. The van der Waals surface area contributed by atoms with Crippen molar-refractivity contribution in [2.24, 2.45) is 0 Å². The first-order chi connectivity index (χ1) is 22.3. The predicted octanol–water partition coefficient (Wildman–Crippen LogP) is 4.29. The van der Waals surface area contributed by atoms with Crippen LogP contribution in [0.4, 0.5) is 14.3 Å². The second-order valence-electron chi connectivity index (χ2n) is 10.8. The van der Waals surface area contributed by atoms with Gasteiger partial charge in [0.15, 0.2) is 16.6 Å². The summed E-state index contributed by atoms with van der Waals surface area (Å²) in [6.45, 7) is 0.796. The van der Waals surface area contributed by atoms with Gasteiger partial charge in [0.05, 0.1) is 0 Å². The van der Waals surface area contributed by atoms with Crippen molar-refractivity contribution in [3.63, 3.8) is 0 Å². The largest absolute Gasteiger partial charge is 0.465 e. The first-order valence-corrected chi connectivity index (χ1v) is 15.3. The topological polar surface area (TPSA) is 145 Å². The molecule has 6 rings (SSSR count). The predicted molar refractivity (Wildman–Crippen MR) is 167 cm³/mol. The van der Waals surface area contributed by atoms with Gasteiger partial charge >= 0.3 is 6.09 Å². The summed E-state index contributed by atoms with van der Waals surface area (Å²) < 4.78 is 14.9. The summed E-state index contributed by atoms with van der Waals surface area (Å²) in [7, 11) is 0. The molecule has 2 aromatic heterocycles. The second-order valence-corrected chi connectivity index (χ2v) is 11.7. The van der Waals surface area contributed by atoms with Crippen LogP contribution in [-0.4, -0.2) is 67.8 Å². The lowest BCUT2D eigenvalue weighted by molar-refractivity contribution is -0.120. The van der Waals surface area contributed by atoms with E-state index in [1.807, 2.05) is 18.2 Å². The highest BCUT2D eigenvalue weighted by molar-refractivity contribution is 7.13. The number of carboxylic acid groups (broad SMARTS) is 1. The van der Waals surface area contributed by atoms with Gasteiger partial charge in [-0.2, -0.15) is 0 Å². The molecule has 2 aliphatic rings. The maximum Gasteiger partial charge on any atom is 0.407 e. The van der Waals surface area contributed by atoms with Crippen LogP contribution >= 0.6 is 11.3 Å². The van der Waals surface area contributed by atoms with Gasteiger partial charge in [0.2, 0.25) is 0 Å². The molecule has 0 spiro atoms. The smallest absolute Gasteiger partial charge is 0.407 e. The zero-order chi connectivity index (χ0) is 32.2. The number of carbonyl (C=O) groups is 4. The van der Waals surface area contributed by atoms with Gasteiger partial charge in [0.1, 0.15) is 6.04 Å². The van der Waals surface area contributed by atoms with E-state index in [-0.39, 0.29) is 48.7 Å². The molecule has 2 aliphatic heterocycles. The number of anilines is 1. The standard InChI is InChI=1S/C33H27FN6O5S/c34-26-17-21(18-36-27(26)29(41)37-24-10-13-39(14-11-24)33(44)45)7-6-20-8-9-23-19-40(31(43)25(23)16-20)28(22-4-2-1-3-5-22)30(42)38-32-35-12-15-46-32/h1-5,8-9,12,15-18,24,28H,10-11,13-14,19H2,(H,37,41)(H,44,45)(H,35,38,42). The number of nitrogens with one attached hydrogen (secondary N) is 2. The average Bonchev–Trinajstić information content (AvgIpc) is 3.68. The van der Waals surface area contributed by atoms with E-state index < -0.39 is 23.9 Å². The Bertz CT molecular complexity index is 1870. The minimum Gasteiger partial charge on any atom is -0.465 e. The van der Waals surface area contributed by atoms with Crippen molar-refractivity contribution in [1.82, 2.24) is 25.1 Å². The Kier molecular flexibility index (Phi) is 8.71. The minimum absolute atomic E-state index is 0.226. The molecule has 1 unspecified atom stereocenters. The van der Waals surface area contributed by atoms with E-state index in [9.17, 15) is 23.6 Å². The van der Waals surface area contributed by atoms with Crippen molar-refractivity contribution >= 4 is 40.3 Å². The first-order valence-electron chi connectivity index (χ1n) is 14.4.